The molecule has 0 aliphatic heterocycles. The van der Waals surface area contributed by atoms with Crippen molar-refractivity contribution in [1.29, 1.82) is 0 Å². The summed E-state index contributed by atoms with van der Waals surface area (Å²) in [7, 11) is 0. The van der Waals surface area contributed by atoms with E-state index in [-0.39, 0.29) is 11.5 Å². The van der Waals surface area contributed by atoms with Crippen LogP contribution >= 0.6 is 11.3 Å². The number of thiazole rings is 1. The van der Waals surface area contributed by atoms with E-state index < -0.39 is 0 Å². The highest BCUT2D eigenvalue weighted by atomic mass is 32.1. The van der Waals surface area contributed by atoms with Crippen molar-refractivity contribution in [3.05, 3.63) is 154 Å². The van der Waals surface area contributed by atoms with Crippen LogP contribution in [0.15, 0.2) is 126 Å². The molecule has 0 fully saturated rings. The van der Waals surface area contributed by atoms with Crippen molar-refractivity contribution >= 4 is 32.6 Å². The lowest BCUT2D eigenvalue weighted by molar-refractivity contribution is 0.645. The summed E-state index contributed by atoms with van der Waals surface area (Å²) in [5.74, 6) is -0.129. The minimum Gasteiger partial charge on any atom is -0.288 e. The van der Waals surface area contributed by atoms with Gasteiger partial charge in [0.15, 0.2) is 5.65 Å². The lowest BCUT2D eigenvalue weighted by Gasteiger charge is -2.14. The highest BCUT2D eigenvalue weighted by Crippen LogP contribution is 2.40. The summed E-state index contributed by atoms with van der Waals surface area (Å²) >= 11 is 1.60. The van der Waals surface area contributed by atoms with E-state index in [9.17, 15) is 4.79 Å². The van der Waals surface area contributed by atoms with Gasteiger partial charge in [0, 0.05) is 17.3 Å². The molecule has 7 aromatic rings. The molecule has 0 aliphatic carbocycles. The summed E-state index contributed by atoms with van der Waals surface area (Å²) in [6.07, 6.45) is 3.62. The molecule has 0 amide bonds. The maximum absolute atomic E-state index is 13.9. The molecule has 4 aromatic heterocycles. The Balaban J connectivity index is 1.47. The van der Waals surface area contributed by atoms with Gasteiger partial charge in [0.1, 0.15) is 10.5 Å². The third kappa shape index (κ3) is 4.13. The van der Waals surface area contributed by atoms with Gasteiger partial charge in [-0.25, -0.2) is 9.67 Å². The summed E-state index contributed by atoms with van der Waals surface area (Å²) in [5.41, 5.74) is 5.15. The Morgan fingerprint density at radius 1 is 0.795 bits per heavy atom. The van der Waals surface area contributed by atoms with Crippen LogP contribution < -0.4 is 5.56 Å². The number of benzene rings is 3. The van der Waals surface area contributed by atoms with E-state index in [0.29, 0.717) is 12.1 Å². The maximum Gasteiger partial charge on any atom is 0.292 e. The molecule has 0 N–H and O–H groups in total. The topological polar surface area (TPSA) is 65.6 Å². The van der Waals surface area contributed by atoms with Crippen molar-refractivity contribution in [3.8, 4) is 5.69 Å². The molecule has 0 saturated carbocycles. The van der Waals surface area contributed by atoms with Crippen molar-refractivity contribution in [2.24, 2.45) is 0 Å². The van der Waals surface area contributed by atoms with Crippen LogP contribution in [-0.2, 0) is 6.54 Å². The van der Waals surface area contributed by atoms with E-state index in [0.717, 1.165) is 43.2 Å². The number of hydrogen-bond donors (Lipinski definition) is 0. The monoisotopic (exact) mass is 525 g/mol. The minimum atomic E-state index is -0.142. The third-order valence-electron chi connectivity index (χ3n) is 6.88. The molecule has 0 radical (unpaired) electrons. The summed E-state index contributed by atoms with van der Waals surface area (Å²) in [6, 6.07) is 36.1. The van der Waals surface area contributed by atoms with Crippen LogP contribution in [0.5, 0.6) is 0 Å². The fourth-order valence-electron chi connectivity index (χ4n) is 5.07. The number of fused-ring (bicyclic) bond motifs is 3. The molecule has 39 heavy (non-hydrogen) atoms. The molecule has 0 saturated heterocycles. The lowest BCUT2D eigenvalue weighted by atomic mass is 9.96. The van der Waals surface area contributed by atoms with Gasteiger partial charge in [0.2, 0.25) is 0 Å². The van der Waals surface area contributed by atoms with Crippen LogP contribution in [0.2, 0.25) is 0 Å². The average Bonchev–Trinajstić information content (AvgIpc) is 3.54. The molecule has 6 nitrogen and oxygen atoms in total. The molecule has 0 bridgehead atoms. The first-order valence-electron chi connectivity index (χ1n) is 12.7. The first-order valence-corrected chi connectivity index (χ1v) is 13.6. The predicted octanol–water partition coefficient (Wildman–Crippen LogP) is 6.42. The van der Waals surface area contributed by atoms with E-state index >= 15 is 0 Å². The second kappa shape index (κ2) is 9.78. The Hall–Kier alpha value is -4.88. The molecule has 7 rings (SSSR count). The Morgan fingerprint density at radius 3 is 2.21 bits per heavy atom. The Morgan fingerprint density at radius 2 is 1.49 bits per heavy atom. The van der Waals surface area contributed by atoms with Crippen molar-refractivity contribution < 1.29 is 0 Å². The Bertz CT molecular complexity index is 1910. The van der Waals surface area contributed by atoms with E-state index in [2.05, 4.69) is 22.2 Å². The van der Waals surface area contributed by atoms with Crippen molar-refractivity contribution in [2.75, 3.05) is 0 Å². The van der Waals surface area contributed by atoms with E-state index in [1.54, 1.807) is 11.3 Å². The van der Waals surface area contributed by atoms with Gasteiger partial charge in [0.25, 0.3) is 5.56 Å². The zero-order chi connectivity index (χ0) is 26.2. The van der Waals surface area contributed by atoms with Gasteiger partial charge in [-0.3, -0.25) is 14.3 Å². The van der Waals surface area contributed by atoms with Crippen LogP contribution in [-0.4, -0.2) is 24.3 Å². The zero-order valence-electron chi connectivity index (χ0n) is 20.9. The highest BCUT2D eigenvalue weighted by Gasteiger charge is 2.26. The van der Waals surface area contributed by atoms with Crippen LogP contribution in [0, 0.1) is 0 Å². The van der Waals surface area contributed by atoms with Crippen LogP contribution in [0.25, 0.3) is 26.9 Å². The van der Waals surface area contributed by atoms with E-state index in [4.69, 9.17) is 4.98 Å². The quantitative estimate of drug-likeness (QED) is 0.251. The van der Waals surface area contributed by atoms with Gasteiger partial charge in [-0.1, -0.05) is 84.9 Å². The van der Waals surface area contributed by atoms with Gasteiger partial charge >= 0.3 is 0 Å². The molecule has 1 atom stereocenters. The standard InChI is InChI=1S/C32H23N5OS/c38-32-28-25(20-34-36(32)21-22-12-4-1-5-13-22)29-30(37(28)24-16-8-3-9-17-24)35-31(39-29)27(23-14-6-2-7-15-23)26-18-10-11-19-33-26/h1-20,27H,21H2. The summed E-state index contributed by atoms with van der Waals surface area (Å²) in [4.78, 5) is 23.8. The third-order valence-corrected chi connectivity index (χ3v) is 8.02. The smallest absolute Gasteiger partial charge is 0.288 e. The number of para-hydroxylation sites is 1. The fourth-order valence-corrected chi connectivity index (χ4v) is 6.28. The lowest BCUT2D eigenvalue weighted by Crippen LogP contribution is -2.24. The molecule has 3 aromatic carbocycles. The van der Waals surface area contributed by atoms with Crippen LogP contribution in [0.1, 0.15) is 27.7 Å². The molecule has 0 spiro atoms. The molecular weight excluding hydrogens is 502 g/mol. The minimum absolute atomic E-state index is 0.129. The normalized spacial score (nSPS) is 12.2. The Labute approximate surface area is 228 Å². The largest absolute Gasteiger partial charge is 0.292 e. The summed E-state index contributed by atoms with van der Waals surface area (Å²) in [6.45, 7) is 0.400. The first-order chi connectivity index (χ1) is 19.3. The fraction of sp³-hybridized carbons (Fsp3) is 0.0625. The average molecular weight is 526 g/mol. The molecule has 0 aliphatic rings. The Kier molecular flexibility index (Phi) is 5.83. The highest BCUT2D eigenvalue weighted by molar-refractivity contribution is 7.19. The zero-order valence-corrected chi connectivity index (χ0v) is 21.7. The molecular formula is C32H23N5OS. The van der Waals surface area contributed by atoms with E-state index in [1.807, 2.05) is 114 Å². The van der Waals surface area contributed by atoms with Crippen molar-refractivity contribution in [2.45, 2.75) is 12.5 Å². The first kappa shape index (κ1) is 23.3. The number of hydrogen-bond acceptors (Lipinski definition) is 5. The molecule has 4 heterocycles. The summed E-state index contributed by atoms with van der Waals surface area (Å²) in [5, 5.41) is 6.31. The van der Waals surface area contributed by atoms with Gasteiger partial charge in [-0.05, 0) is 35.4 Å². The molecule has 1 unspecified atom stereocenters. The number of pyridine rings is 1. The van der Waals surface area contributed by atoms with Gasteiger partial charge in [0.05, 0.1) is 29.1 Å². The van der Waals surface area contributed by atoms with Crippen molar-refractivity contribution in [1.82, 2.24) is 24.3 Å². The van der Waals surface area contributed by atoms with Gasteiger partial charge in [-0.15, -0.1) is 11.3 Å². The number of nitrogens with zero attached hydrogens (tertiary/aromatic N) is 5. The SMILES string of the molecule is O=c1c2c(cnn1Cc1ccccc1)c1sc(C(c3ccccc3)c3ccccn3)nc1n2-c1ccccc1. The van der Waals surface area contributed by atoms with E-state index in [1.165, 1.54) is 4.68 Å². The molecule has 188 valence electrons. The maximum atomic E-state index is 13.9. The van der Waals surface area contributed by atoms with Crippen LogP contribution in [0.3, 0.4) is 0 Å². The number of rotatable bonds is 6. The number of aromatic nitrogens is 5. The van der Waals surface area contributed by atoms with Gasteiger partial charge < -0.3 is 0 Å². The second-order valence-corrected chi connectivity index (χ2v) is 10.4. The second-order valence-electron chi connectivity index (χ2n) is 9.33. The van der Waals surface area contributed by atoms with Crippen LogP contribution in [0.4, 0.5) is 0 Å². The summed E-state index contributed by atoms with van der Waals surface area (Å²) < 4.78 is 4.45. The van der Waals surface area contributed by atoms with Crippen molar-refractivity contribution in [3.63, 3.8) is 0 Å². The molecule has 7 heteroatoms. The van der Waals surface area contributed by atoms with Gasteiger partial charge in [-0.2, -0.15) is 5.10 Å². The predicted molar refractivity (Wildman–Crippen MR) is 156 cm³/mol.